The molecule has 8 heteroatoms. The summed E-state index contributed by atoms with van der Waals surface area (Å²) < 4.78 is 16.2. The van der Waals surface area contributed by atoms with Gasteiger partial charge in [-0.25, -0.2) is 4.98 Å². The van der Waals surface area contributed by atoms with E-state index in [1.165, 1.54) is 0 Å². The smallest absolute Gasteiger partial charge is 0.254 e. The molecule has 1 aliphatic heterocycles. The molecule has 0 saturated carbocycles. The van der Waals surface area contributed by atoms with Gasteiger partial charge in [0, 0.05) is 48.9 Å². The van der Waals surface area contributed by atoms with Gasteiger partial charge in [0.05, 0.1) is 20.3 Å². The van der Waals surface area contributed by atoms with Crippen LogP contribution in [-0.2, 0) is 11.3 Å². The predicted molar refractivity (Wildman–Crippen MR) is 120 cm³/mol. The maximum Gasteiger partial charge on any atom is 0.254 e. The minimum Gasteiger partial charge on any atom is -0.497 e. The number of amides is 2. The average molecular weight is 442 g/mol. The molecule has 2 heterocycles. The van der Waals surface area contributed by atoms with Crippen molar-refractivity contribution in [1.29, 1.82) is 0 Å². The Hall–Kier alpha value is -3.29. The van der Waals surface area contributed by atoms with E-state index in [4.69, 9.17) is 14.2 Å². The van der Waals surface area contributed by atoms with Crippen molar-refractivity contribution in [2.24, 2.45) is 5.92 Å². The van der Waals surface area contributed by atoms with Gasteiger partial charge in [-0.3, -0.25) is 9.59 Å². The number of nitrogens with one attached hydrogen (secondary N) is 1. The van der Waals surface area contributed by atoms with Gasteiger partial charge in [0.2, 0.25) is 11.8 Å². The van der Waals surface area contributed by atoms with Gasteiger partial charge in [0.25, 0.3) is 5.91 Å². The number of piperidine rings is 1. The molecule has 0 radical (unpaired) electrons. The molecule has 1 aliphatic rings. The summed E-state index contributed by atoms with van der Waals surface area (Å²) in [5, 5.41) is 2.99. The van der Waals surface area contributed by atoms with Gasteiger partial charge in [-0.15, -0.1) is 0 Å². The molecule has 8 nitrogen and oxygen atoms in total. The largest absolute Gasteiger partial charge is 0.497 e. The summed E-state index contributed by atoms with van der Waals surface area (Å²) in [7, 11) is 3.10. The van der Waals surface area contributed by atoms with Crippen molar-refractivity contribution in [3.8, 4) is 17.4 Å². The van der Waals surface area contributed by atoms with Crippen molar-refractivity contribution < 1.29 is 23.8 Å². The number of hydrogen-bond donors (Lipinski definition) is 1. The van der Waals surface area contributed by atoms with Crippen LogP contribution >= 0.6 is 0 Å². The van der Waals surface area contributed by atoms with Crippen LogP contribution in [0.4, 0.5) is 0 Å². The summed E-state index contributed by atoms with van der Waals surface area (Å²) in [6.07, 6.45) is 2.90. The highest BCUT2D eigenvalue weighted by molar-refractivity contribution is 5.95. The van der Waals surface area contributed by atoms with Gasteiger partial charge in [-0.2, -0.15) is 0 Å². The van der Waals surface area contributed by atoms with Gasteiger partial charge >= 0.3 is 0 Å². The van der Waals surface area contributed by atoms with E-state index in [0.29, 0.717) is 55.4 Å². The highest BCUT2D eigenvalue weighted by atomic mass is 16.5. The van der Waals surface area contributed by atoms with E-state index in [-0.39, 0.29) is 23.8 Å². The number of likely N-dealkylation sites (tertiary alicyclic amines) is 1. The summed E-state index contributed by atoms with van der Waals surface area (Å²) in [5.74, 6) is 1.43. The molecule has 3 rings (SSSR count). The Morgan fingerprint density at radius 3 is 2.38 bits per heavy atom. The normalized spacial score (nSPS) is 14.2. The number of carbonyl (C=O) groups is 2. The number of methoxy groups -OCH3 is 2. The lowest BCUT2D eigenvalue weighted by atomic mass is 9.95. The Morgan fingerprint density at radius 1 is 1.12 bits per heavy atom. The van der Waals surface area contributed by atoms with E-state index in [0.717, 1.165) is 5.56 Å². The first-order chi connectivity index (χ1) is 15.4. The number of pyridine rings is 1. The zero-order chi connectivity index (χ0) is 23.1. The van der Waals surface area contributed by atoms with E-state index < -0.39 is 0 Å². The fraction of sp³-hybridized carbons (Fsp3) is 0.458. The minimum atomic E-state index is -0.134. The molecule has 32 heavy (non-hydrogen) atoms. The SMILES string of the molecule is COc1cc(OC)cc(C(=O)N2CCC(C(=O)NCc3cccnc3OC(C)C)CC2)c1. The predicted octanol–water partition coefficient (Wildman–Crippen LogP) is 3.05. The molecule has 0 atom stereocenters. The van der Waals surface area contributed by atoms with Crippen molar-refractivity contribution in [2.45, 2.75) is 39.3 Å². The number of hydrogen-bond acceptors (Lipinski definition) is 6. The first-order valence-corrected chi connectivity index (χ1v) is 10.8. The van der Waals surface area contributed by atoms with Crippen LogP contribution in [-0.4, -0.2) is 55.1 Å². The number of carbonyl (C=O) groups excluding carboxylic acids is 2. The molecule has 2 aromatic rings. The van der Waals surface area contributed by atoms with Gasteiger partial charge in [-0.1, -0.05) is 6.07 Å². The fourth-order valence-electron chi connectivity index (χ4n) is 3.67. The second kappa shape index (κ2) is 10.8. The lowest BCUT2D eigenvalue weighted by Crippen LogP contribution is -2.43. The minimum absolute atomic E-state index is 0.00534. The Kier molecular flexibility index (Phi) is 7.92. The number of nitrogens with zero attached hydrogens (tertiary/aromatic N) is 2. The Bertz CT molecular complexity index is 917. The third-order valence-electron chi connectivity index (χ3n) is 5.40. The van der Waals surface area contributed by atoms with Gasteiger partial charge in [-0.05, 0) is 44.9 Å². The van der Waals surface area contributed by atoms with Crippen LogP contribution in [0.15, 0.2) is 36.5 Å². The molecule has 1 aromatic heterocycles. The summed E-state index contributed by atoms with van der Waals surface area (Å²) in [5.41, 5.74) is 1.35. The molecule has 0 bridgehead atoms. The van der Waals surface area contributed by atoms with Crippen molar-refractivity contribution in [3.05, 3.63) is 47.7 Å². The number of aromatic nitrogens is 1. The molecular formula is C24H31N3O5. The molecule has 2 amide bonds. The molecular weight excluding hydrogens is 410 g/mol. The van der Waals surface area contributed by atoms with Crippen LogP contribution in [0.5, 0.6) is 17.4 Å². The molecule has 0 aliphatic carbocycles. The van der Waals surface area contributed by atoms with Gasteiger partial charge < -0.3 is 24.4 Å². The first kappa shape index (κ1) is 23.4. The monoisotopic (exact) mass is 441 g/mol. The van der Waals surface area contributed by atoms with E-state index >= 15 is 0 Å². The summed E-state index contributed by atoms with van der Waals surface area (Å²) in [4.78, 5) is 31.7. The highest BCUT2D eigenvalue weighted by Gasteiger charge is 2.28. The molecule has 172 valence electrons. The molecule has 1 fully saturated rings. The van der Waals surface area contributed by atoms with E-state index in [1.54, 1.807) is 43.5 Å². The standard InChI is InChI=1S/C24H31N3O5/c1-16(2)32-23-18(6-5-9-25-23)15-26-22(28)17-7-10-27(11-8-17)24(29)19-12-20(30-3)14-21(13-19)31-4/h5-6,9,12-14,16-17H,7-8,10-11,15H2,1-4H3,(H,26,28). The van der Waals surface area contributed by atoms with Gasteiger partial charge in [0.1, 0.15) is 11.5 Å². The zero-order valence-corrected chi connectivity index (χ0v) is 19.1. The number of rotatable bonds is 8. The zero-order valence-electron chi connectivity index (χ0n) is 19.1. The van der Waals surface area contributed by atoms with Crippen LogP contribution in [0, 0.1) is 5.92 Å². The van der Waals surface area contributed by atoms with Gasteiger partial charge in [0.15, 0.2) is 0 Å². The van der Waals surface area contributed by atoms with Crippen molar-refractivity contribution in [2.75, 3.05) is 27.3 Å². The van der Waals surface area contributed by atoms with Crippen molar-refractivity contribution >= 4 is 11.8 Å². The maximum absolute atomic E-state index is 12.9. The third-order valence-corrected chi connectivity index (χ3v) is 5.40. The maximum atomic E-state index is 12.9. The Labute approximate surface area is 188 Å². The Morgan fingerprint density at radius 2 is 1.78 bits per heavy atom. The lowest BCUT2D eigenvalue weighted by Gasteiger charge is -2.31. The quantitative estimate of drug-likeness (QED) is 0.677. The summed E-state index contributed by atoms with van der Waals surface area (Å²) in [6.45, 7) is 5.27. The first-order valence-electron chi connectivity index (χ1n) is 10.8. The lowest BCUT2D eigenvalue weighted by molar-refractivity contribution is -0.126. The van der Waals surface area contributed by atoms with Crippen LogP contribution in [0.1, 0.15) is 42.6 Å². The summed E-state index contributed by atoms with van der Waals surface area (Å²) >= 11 is 0. The van der Waals surface area contributed by atoms with Crippen LogP contribution < -0.4 is 19.5 Å². The number of benzene rings is 1. The fourth-order valence-corrected chi connectivity index (χ4v) is 3.67. The molecule has 0 unspecified atom stereocenters. The van der Waals surface area contributed by atoms with E-state index in [2.05, 4.69) is 10.3 Å². The molecule has 1 saturated heterocycles. The van der Waals surface area contributed by atoms with Crippen molar-refractivity contribution in [3.63, 3.8) is 0 Å². The van der Waals surface area contributed by atoms with E-state index in [1.807, 2.05) is 26.0 Å². The Balaban J connectivity index is 1.55. The summed E-state index contributed by atoms with van der Waals surface area (Å²) in [6, 6.07) is 8.86. The average Bonchev–Trinajstić information content (AvgIpc) is 2.82. The third kappa shape index (κ3) is 5.90. The van der Waals surface area contributed by atoms with Crippen LogP contribution in [0.3, 0.4) is 0 Å². The molecule has 1 aromatic carbocycles. The van der Waals surface area contributed by atoms with Crippen LogP contribution in [0.2, 0.25) is 0 Å². The van der Waals surface area contributed by atoms with E-state index in [9.17, 15) is 9.59 Å². The van der Waals surface area contributed by atoms with Crippen LogP contribution in [0.25, 0.3) is 0 Å². The molecule has 0 spiro atoms. The topological polar surface area (TPSA) is 90.0 Å². The molecule has 1 N–H and O–H groups in total. The highest BCUT2D eigenvalue weighted by Crippen LogP contribution is 2.25. The second-order valence-corrected chi connectivity index (χ2v) is 8.02. The van der Waals surface area contributed by atoms with Crippen molar-refractivity contribution in [1.82, 2.24) is 15.2 Å². The second-order valence-electron chi connectivity index (χ2n) is 8.02. The number of ether oxygens (including phenoxy) is 3.